The Hall–Kier alpha value is -2.35. The van der Waals surface area contributed by atoms with Gasteiger partial charge < -0.3 is 13.7 Å². The van der Waals surface area contributed by atoms with Gasteiger partial charge in [0.2, 0.25) is 5.89 Å². The van der Waals surface area contributed by atoms with Crippen molar-refractivity contribution in [2.45, 2.75) is 31.4 Å². The molecule has 0 radical (unpaired) electrons. The van der Waals surface area contributed by atoms with Gasteiger partial charge >= 0.3 is 0 Å². The van der Waals surface area contributed by atoms with Crippen LogP contribution in [0.25, 0.3) is 0 Å². The quantitative estimate of drug-likeness (QED) is 0.641. The molecule has 0 aliphatic carbocycles. The van der Waals surface area contributed by atoms with Crippen LogP contribution in [0.4, 0.5) is 0 Å². The summed E-state index contributed by atoms with van der Waals surface area (Å²) in [6, 6.07) is 7.78. The zero-order valence-electron chi connectivity index (χ0n) is 12.1. The molecule has 0 spiro atoms. The number of nitrogens with zero attached hydrogens (tertiary/aromatic N) is 4. The molecular formula is C14H14N4O3S. The van der Waals surface area contributed by atoms with E-state index in [4.69, 9.17) is 13.7 Å². The summed E-state index contributed by atoms with van der Waals surface area (Å²) in [7, 11) is 0. The van der Waals surface area contributed by atoms with Crippen molar-refractivity contribution in [3.8, 4) is 5.75 Å². The Balaban J connectivity index is 1.52. The smallest absolute Gasteiger partial charge is 0.277 e. The second kappa shape index (κ2) is 6.61. The lowest BCUT2D eigenvalue weighted by Gasteiger charge is -2.03. The van der Waals surface area contributed by atoms with E-state index >= 15 is 0 Å². The van der Waals surface area contributed by atoms with Crippen molar-refractivity contribution in [2.24, 2.45) is 0 Å². The largest absolute Gasteiger partial charge is 0.484 e. The molecule has 7 nitrogen and oxygen atoms in total. The normalized spacial score (nSPS) is 10.8. The first-order chi connectivity index (χ1) is 10.7. The highest BCUT2D eigenvalue weighted by Gasteiger charge is 2.10. The molecule has 0 bridgehead atoms. The Kier molecular flexibility index (Phi) is 4.38. The van der Waals surface area contributed by atoms with Crippen LogP contribution >= 0.6 is 11.8 Å². The topological polar surface area (TPSA) is 87.1 Å². The summed E-state index contributed by atoms with van der Waals surface area (Å²) in [6.07, 6.45) is 0. The molecule has 0 aliphatic rings. The second-order valence-corrected chi connectivity index (χ2v) is 5.52. The van der Waals surface area contributed by atoms with Crippen molar-refractivity contribution in [3.63, 3.8) is 0 Å². The molecule has 3 rings (SSSR count). The SMILES string of the molecule is Cc1cccc(OCc2nnc(SCc3nc(C)no3)o2)c1. The van der Waals surface area contributed by atoms with Gasteiger partial charge in [0, 0.05) is 0 Å². The average molecular weight is 318 g/mol. The van der Waals surface area contributed by atoms with Crippen LogP contribution < -0.4 is 4.74 Å². The molecule has 8 heteroatoms. The lowest BCUT2D eigenvalue weighted by Crippen LogP contribution is -1.95. The standard InChI is InChI=1S/C14H14N4O3S/c1-9-4-3-5-11(6-9)19-7-12-16-17-14(20-12)22-8-13-15-10(2)18-21-13/h3-6H,7-8H2,1-2H3. The third kappa shape index (κ3) is 3.85. The van der Waals surface area contributed by atoms with Gasteiger partial charge in [-0.2, -0.15) is 4.98 Å². The zero-order chi connectivity index (χ0) is 15.4. The third-order valence-electron chi connectivity index (χ3n) is 2.69. The molecule has 2 aromatic heterocycles. The van der Waals surface area contributed by atoms with Crippen molar-refractivity contribution in [3.05, 3.63) is 47.4 Å². The summed E-state index contributed by atoms with van der Waals surface area (Å²) in [5.74, 6) is 2.81. The fourth-order valence-corrected chi connectivity index (χ4v) is 2.35. The van der Waals surface area contributed by atoms with Gasteiger partial charge in [-0.25, -0.2) is 0 Å². The van der Waals surface area contributed by atoms with E-state index in [1.54, 1.807) is 6.92 Å². The summed E-state index contributed by atoms with van der Waals surface area (Å²) in [5.41, 5.74) is 1.13. The maximum Gasteiger partial charge on any atom is 0.277 e. The van der Waals surface area contributed by atoms with Gasteiger partial charge in [-0.15, -0.1) is 10.2 Å². The molecule has 0 amide bonds. The molecule has 0 saturated heterocycles. The Bertz CT molecular complexity index is 756. The van der Waals surface area contributed by atoms with E-state index in [9.17, 15) is 0 Å². The predicted molar refractivity (Wildman–Crippen MR) is 78.4 cm³/mol. The van der Waals surface area contributed by atoms with E-state index < -0.39 is 0 Å². The molecule has 3 aromatic rings. The Morgan fingerprint density at radius 1 is 1.18 bits per heavy atom. The van der Waals surface area contributed by atoms with Crippen LogP contribution in [0.2, 0.25) is 0 Å². The first-order valence-electron chi connectivity index (χ1n) is 6.63. The molecule has 0 aliphatic heterocycles. The van der Waals surface area contributed by atoms with Crippen LogP contribution in [0.15, 0.2) is 38.4 Å². The lowest BCUT2D eigenvalue weighted by molar-refractivity contribution is 0.252. The number of ether oxygens (including phenoxy) is 1. The van der Waals surface area contributed by atoms with Crippen molar-refractivity contribution < 1.29 is 13.7 Å². The number of aryl methyl sites for hydroxylation is 2. The highest BCUT2D eigenvalue weighted by atomic mass is 32.2. The van der Waals surface area contributed by atoms with Gasteiger partial charge in [0.25, 0.3) is 11.1 Å². The van der Waals surface area contributed by atoms with Crippen molar-refractivity contribution in [1.29, 1.82) is 0 Å². The summed E-state index contributed by atoms with van der Waals surface area (Å²) >= 11 is 1.34. The minimum atomic E-state index is 0.233. The summed E-state index contributed by atoms with van der Waals surface area (Å²) < 4.78 is 16.1. The average Bonchev–Trinajstić information content (AvgIpc) is 3.12. The molecule has 0 unspecified atom stereocenters. The van der Waals surface area contributed by atoms with Gasteiger partial charge in [0.1, 0.15) is 5.75 Å². The van der Waals surface area contributed by atoms with E-state index in [0.717, 1.165) is 11.3 Å². The first-order valence-corrected chi connectivity index (χ1v) is 7.61. The van der Waals surface area contributed by atoms with E-state index in [1.165, 1.54) is 11.8 Å². The monoisotopic (exact) mass is 318 g/mol. The third-order valence-corrected chi connectivity index (χ3v) is 3.49. The number of thioether (sulfide) groups is 1. The summed E-state index contributed by atoms with van der Waals surface area (Å²) in [6.45, 7) is 4.01. The minimum absolute atomic E-state index is 0.233. The van der Waals surface area contributed by atoms with E-state index in [2.05, 4.69) is 20.3 Å². The van der Waals surface area contributed by atoms with Crippen LogP contribution in [0.5, 0.6) is 5.75 Å². The summed E-state index contributed by atoms with van der Waals surface area (Å²) in [4.78, 5) is 4.10. The Morgan fingerprint density at radius 2 is 2.09 bits per heavy atom. The molecule has 1 aromatic carbocycles. The summed E-state index contributed by atoms with van der Waals surface area (Å²) in [5, 5.41) is 12.0. The number of rotatable bonds is 6. The second-order valence-electron chi connectivity index (χ2n) is 4.59. The number of benzene rings is 1. The molecule has 22 heavy (non-hydrogen) atoms. The molecule has 0 fully saturated rings. The molecule has 0 N–H and O–H groups in total. The zero-order valence-corrected chi connectivity index (χ0v) is 13.0. The van der Waals surface area contributed by atoms with Gasteiger partial charge in [-0.05, 0) is 31.5 Å². The fourth-order valence-electron chi connectivity index (χ4n) is 1.73. The van der Waals surface area contributed by atoms with Crippen molar-refractivity contribution in [2.75, 3.05) is 0 Å². The maximum atomic E-state index is 5.61. The van der Waals surface area contributed by atoms with Gasteiger partial charge in [0.05, 0.1) is 5.75 Å². The lowest BCUT2D eigenvalue weighted by atomic mass is 10.2. The Morgan fingerprint density at radius 3 is 2.86 bits per heavy atom. The number of hydrogen-bond donors (Lipinski definition) is 0. The molecule has 2 heterocycles. The van der Waals surface area contributed by atoms with Crippen LogP contribution in [-0.4, -0.2) is 20.3 Å². The van der Waals surface area contributed by atoms with E-state index in [-0.39, 0.29) is 6.61 Å². The van der Waals surface area contributed by atoms with Crippen molar-refractivity contribution in [1.82, 2.24) is 20.3 Å². The molecule has 0 saturated carbocycles. The maximum absolute atomic E-state index is 5.61. The van der Waals surface area contributed by atoms with Gasteiger partial charge in [-0.3, -0.25) is 0 Å². The molecule has 0 atom stereocenters. The minimum Gasteiger partial charge on any atom is -0.484 e. The van der Waals surface area contributed by atoms with Gasteiger partial charge in [0.15, 0.2) is 12.4 Å². The first kappa shape index (κ1) is 14.6. The van der Waals surface area contributed by atoms with E-state index in [1.807, 2.05) is 31.2 Å². The molecular weight excluding hydrogens is 304 g/mol. The van der Waals surface area contributed by atoms with Crippen LogP contribution in [0, 0.1) is 13.8 Å². The van der Waals surface area contributed by atoms with Crippen molar-refractivity contribution >= 4 is 11.8 Å². The molecule has 114 valence electrons. The fraction of sp³-hybridized carbons (Fsp3) is 0.286. The predicted octanol–water partition coefficient (Wildman–Crippen LogP) is 2.94. The van der Waals surface area contributed by atoms with E-state index in [0.29, 0.717) is 28.6 Å². The highest BCUT2D eigenvalue weighted by Crippen LogP contribution is 2.21. The number of hydrogen-bond acceptors (Lipinski definition) is 8. The van der Waals surface area contributed by atoms with Crippen LogP contribution in [0.3, 0.4) is 0 Å². The highest BCUT2D eigenvalue weighted by molar-refractivity contribution is 7.98. The number of aromatic nitrogens is 4. The van der Waals surface area contributed by atoms with Crippen LogP contribution in [0.1, 0.15) is 23.2 Å². The van der Waals surface area contributed by atoms with Gasteiger partial charge in [-0.1, -0.05) is 29.1 Å². The van der Waals surface area contributed by atoms with Crippen LogP contribution in [-0.2, 0) is 12.4 Å². The Labute approximate surface area is 131 Å².